The number of fused-ring (bicyclic) bond motifs is 14. The van der Waals surface area contributed by atoms with E-state index in [1.54, 1.807) is 22.3 Å². The van der Waals surface area contributed by atoms with Crippen molar-refractivity contribution in [2.75, 3.05) is 4.90 Å². The van der Waals surface area contributed by atoms with Crippen molar-refractivity contribution in [2.45, 2.75) is 101 Å². The molecule has 322 valence electrons. The van der Waals surface area contributed by atoms with Gasteiger partial charge in [0.15, 0.2) is 0 Å². The Morgan fingerprint density at radius 2 is 1.57 bits per heavy atom. The molecule has 9 unspecified atom stereocenters. The van der Waals surface area contributed by atoms with Gasteiger partial charge in [-0.25, -0.2) is 0 Å². The van der Waals surface area contributed by atoms with E-state index in [1.807, 2.05) is 0 Å². The molecule has 2 heteroatoms. The number of ether oxygens (including phenoxy) is 1. The molecular weight excluding hydrogens is 787 g/mol. The van der Waals surface area contributed by atoms with Gasteiger partial charge in [-0.05, 0) is 156 Å². The first kappa shape index (κ1) is 38.4. The highest BCUT2D eigenvalue weighted by atomic mass is 16.5. The van der Waals surface area contributed by atoms with Gasteiger partial charge in [0.2, 0.25) is 0 Å². The highest BCUT2D eigenvalue weighted by Gasteiger charge is 2.63. The number of anilines is 1. The Balaban J connectivity index is 0.853. The van der Waals surface area contributed by atoms with Crippen LogP contribution in [0.15, 0.2) is 192 Å². The molecule has 4 aromatic carbocycles. The van der Waals surface area contributed by atoms with Crippen LogP contribution in [0, 0.1) is 29.6 Å². The van der Waals surface area contributed by atoms with Crippen molar-refractivity contribution in [3.63, 3.8) is 0 Å². The minimum absolute atomic E-state index is 0.0847. The monoisotopic (exact) mass is 845 g/mol. The van der Waals surface area contributed by atoms with E-state index in [9.17, 15) is 0 Å². The second kappa shape index (κ2) is 15.1. The lowest BCUT2D eigenvalue weighted by Crippen LogP contribution is -2.44. The number of aryl methyl sites for hydroxylation is 1. The Morgan fingerprint density at radius 1 is 0.692 bits per heavy atom. The molecule has 1 heterocycles. The molecule has 9 aliphatic carbocycles. The van der Waals surface area contributed by atoms with Crippen LogP contribution in [0.3, 0.4) is 0 Å². The summed E-state index contributed by atoms with van der Waals surface area (Å²) in [6, 6.07) is 32.7. The number of rotatable bonds is 5. The normalized spacial score (nSPS) is 32.2. The lowest BCUT2D eigenvalue weighted by Gasteiger charge is -2.46. The van der Waals surface area contributed by atoms with Gasteiger partial charge in [-0.3, -0.25) is 0 Å². The van der Waals surface area contributed by atoms with Crippen LogP contribution in [-0.2, 0) is 16.6 Å². The zero-order valence-corrected chi connectivity index (χ0v) is 37.5. The van der Waals surface area contributed by atoms with Crippen molar-refractivity contribution in [3.8, 4) is 0 Å². The molecule has 14 rings (SSSR count). The Kier molecular flexibility index (Phi) is 8.92. The predicted molar refractivity (Wildman–Crippen MR) is 268 cm³/mol. The van der Waals surface area contributed by atoms with Crippen molar-refractivity contribution in [1.82, 2.24) is 0 Å². The molecule has 65 heavy (non-hydrogen) atoms. The van der Waals surface area contributed by atoms with E-state index in [2.05, 4.69) is 169 Å². The predicted octanol–water partition coefficient (Wildman–Crippen LogP) is 15.2. The first-order valence-corrected chi connectivity index (χ1v) is 25.4. The summed E-state index contributed by atoms with van der Waals surface area (Å²) >= 11 is 0. The Labute approximate surface area is 385 Å². The third-order valence-electron chi connectivity index (χ3n) is 17.9. The highest BCUT2D eigenvalue weighted by molar-refractivity contribution is 6.02. The standard InChI is InChI=1S/C63H59NO/c1-2-15-41(16-3-1)47-24-14-25-54-55-37-42(31-36-61(55)65-62(47)54)40-29-32-44(33-30-40)64(60-38-43-17-4-5-18-46(43)48-19-6-7-23-53(48)60)45-34-35-52-51-22-10-13-28-58(51)63(59(52)39-45)56-26-11-8-20-49(56)50-21-9-12-27-57(50)63/h1-3,5-8,11-12,15-16,18-20,23-24,26-27,29,31-38,40,45,50-51,55,57-58,61H,4,9-10,13-14,17,21-22,25,28,30,39H2. The van der Waals surface area contributed by atoms with Crippen molar-refractivity contribution in [3.05, 3.63) is 219 Å². The largest absolute Gasteiger partial charge is 0.485 e. The summed E-state index contributed by atoms with van der Waals surface area (Å²) in [6.45, 7) is 0. The van der Waals surface area contributed by atoms with Crippen molar-refractivity contribution >= 4 is 28.1 Å². The lowest BCUT2D eigenvalue weighted by molar-refractivity contribution is 0.164. The van der Waals surface area contributed by atoms with E-state index in [0.717, 1.165) is 44.3 Å². The van der Waals surface area contributed by atoms with Crippen LogP contribution in [0.2, 0.25) is 0 Å². The molecule has 1 aliphatic heterocycles. The lowest BCUT2D eigenvalue weighted by atomic mass is 9.57. The van der Waals surface area contributed by atoms with Gasteiger partial charge in [-0.2, -0.15) is 0 Å². The molecule has 0 amide bonds. The van der Waals surface area contributed by atoms with Crippen LogP contribution in [0.4, 0.5) is 5.69 Å². The molecular formula is C63H59NO. The van der Waals surface area contributed by atoms with Crippen LogP contribution in [0.1, 0.15) is 104 Å². The molecule has 4 aromatic rings. The third kappa shape index (κ3) is 5.71. The summed E-state index contributed by atoms with van der Waals surface area (Å²) in [5.74, 6) is 4.31. The van der Waals surface area contributed by atoms with E-state index in [4.69, 9.17) is 4.74 Å². The summed E-state index contributed by atoms with van der Waals surface area (Å²) in [4.78, 5) is 2.81. The molecule has 0 N–H and O–H groups in total. The maximum Gasteiger partial charge on any atom is 0.127 e. The third-order valence-corrected chi connectivity index (χ3v) is 17.9. The smallest absolute Gasteiger partial charge is 0.127 e. The molecule has 0 bridgehead atoms. The summed E-state index contributed by atoms with van der Waals surface area (Å²) < 4.78 is 6.78. The topological polar surface area (TPSA) is 12.5 Å². The molecule has 9 atom stereocenters. The minimum Gasteiger partial charge on any atom is -0.485 e. The van der Waals surface area contributed by atoms with E-state index in [1.165, 1.54) is 94.1 Å². The fourth-order valence-electron chi connectivity index (χ4n) is 15.3. The first-order chi connectivity index (χ1) is 32.2. The van der Waals surface area contributed by atoms with Crippen LogP contribution in [0.5, 0.6) is 0 Å². The van der Waals surface area contributed by atoms with Crippen molar-refractivity contribution in [2.24, 2.45) is 29.6 Å². The highest BCUT2D eigenvalue weighted by Crippen LogP contribution is 2.70. The summed E-state index contributed by atoms with van der Waals surface area (Å²) in [5.41, 5.74) is 18.0. The Bertz CT molecular complexity index is 2980. The summed E-state index contributed by atoms with van der Waals surface area (Å²) in [7, 11) is 0. The van der Waals surface area contributed by atoms with Gasteiger partial charge in [0.1, 0.15) is 11.9 Å². The van der Waals surface area contributed by atoms with E-state index in [0.29, 0.717) is 35.5 Å². The summed E-state index contributed by atoms with van der Waals surface area (Å²) in [5, 5.41) is 2.75. The number of benzene rings is 4. The van der Waals surface area contributed by atoms with Crippen LogP contribution < -0.4 is 4.90 Å². The minimum atomic E-state index is 0.0847. The second-order valence-electron chi connectivity index (χ2n) is 20.8. The number of nitrogens with zero attached hydrogens (tertiary/aromatic N) is 1. The first-order valence-electron chi connectivity index (χ1n) is 25.4. The maximum atomic E-state index is 6.78. The SMILES string of the molecule is C1=Cc2c(cc(N(C3=CCC(C4=CC5C6=C(OC5C=C4)C(c4ccccc4)=CCC6)C=C3)C3C=CC4=C(C3)C3(c5ccccc5C5CCC=CC53)C3CCCCC43)c3ccccc23)CC1. The molecule has 0 saturated heterocycles. The molecule has 10 aliphatic rings. The van der Waals surface area contributed by atoms with Gasteiger partial charge >= 0.3 is 0 Å². The van der Waals surface area contributed by atoms with Gasteiger partial charge in [-0.15, -0.1) is 0 Å². The van der Waals surface area contributed by atoms with E-state index in [-0.39, 0.29) is 17.6 Å². The Morgan fingerprint density at radius 3 is 2.49 bits per heavy atom. The number of allylic oxidation sites excluding steroid dienone is 12. The van der Waals surface area contributed by atoms with Gasteiger partial charge in [0.25, 0.3) is 0 Å². The molecule has 1 saturated carbocycles. The fourth-order valence-corrected chi connectivity index (χ4v) is 15.3. The van der Waals surface area contributed by atoms with Gasteiger partial charge in [0, 0.05) is 39.6 Å². The second-order valence-corrected chi connectivity index (χ2v) is 20.8. The number of hydrogen-bond acceptors (Lipinski definition) is 2. The van der Waals surface area contributed by atoms with Crippen LogP contribution >= 0.6 is 0 Å². The van der Waals surface area contributed by atoms with E-state index >= 15 is 0 Å². The van der Waals surface area contributed by atoms with Crippen LogP contribution in [-0.4, -0.2) is 12.1 Å². The average molecular weight is 846 g/mol. The average Bonchev–Trinajstić information content (AvgIpc) is 4.01. The summed E-state index contributed by atoms with van der Waals surface area (Å²) in [6.07, 6.45) is 47.1. The molecule has 1 spiro atoms. The van der Waals surface area contributed by atoms with Gasteiger partial charge < -0.3 is 9.64 Å². The van der Waals surface area contributed by atoms with Crippen LogP contribution in [0.25, 0.3) is 22.4 Å². The zero-order chi connectivity index (χ0) is 42.6. The zero-order valence-electron chi connectivity index (χ0n) is 37.5. The molecule has 2 nitrogen and oxygen atoms in total. The molecule has 0 radical (unpaired) electrons. The molecule has 1 fully saturated rings. The van der Waals surface area contributed by atoms with Crippen molar-refractivity contribution < 1.29 is 4.74 Å². The Hall–Kier alpha value is -5.86. The number of hydrogen-bond donors (Lipinski definition) is 0. The maximum absolute atomic E-state index is 6.78. The fraction of sp³-hybridized carbons (Fsp3) is 0.333. The van der Waals surface area contributed by atoms with E-state index < -0.39 is 0 Å². The molecule has 0 aromatic heterocycles. The van der Waals surface area contributed by atoms with Crippen molar-refractivity contribution in [1.29, 1.82) is 0 Å². The van der Waals surface area contributed by atoms with Gasteiger partial charge in [0.05, 0.1) is 6.04 Å². The van der Waals surface area contributed by atoms with Gasteiger partial charge in [-0.1, -0.05) is 164 Å². The quantitative estimate of drug-likeness (QED) is 0.186.